The fourth-order valence-electron chi connectivity index (χ4n) is 1.54. The molecule has 0 aliphatic carbocycles. The van der Waals surface area contributed by atoms with Gasteiger partial charge in [0, 0.05) is 6.04 Å². The van der Waals surface area contributed by atoms with E-state index in [0.29, 0.717) is 18.2 Å². The van der Waals surface area contributed by atoms with Gasteiger partial charge >= 0.3 is 0 Å². The standard InChI is InChI=1S/C7H16N2O.ClH/c1-5-3-7(9-8)4-6(2)10-5;/h5-7,9H,3-4,8H2,1-2H3;1H. The quantitative estimate of drug-likeness (QED) is 0.464. The van der Waals surface area contributed by atoms with Crippen LogP contribution in [0, 0.1) is 0 Å². The van der Waals surface area contributed by atoms with E-state index in [4.69, 9.17) is 10.6 Å². The molecular formula is C7H17ClN2O. The molecule has 0 spiro atoms. The number of hydrogen-bond acceptors (Lipinski definition) is 3. The molecule has 4 heteroatoms. The summed E-state index contributed by atoms with van der Waals surface area (Å²) < 4.78 is 5.52. The lowest BCUT2D eigenvalue weighted by molar-refractivity contribution is -0.0420. The third kappa shape index (κ3) is 3.38. The average molecular weight is 181 g/mol. The molecule has 0 amide bonds. The van der Waals surface area contributed by atoms with E-state index in [-0.39, 0.29) is 12.4 Å². The monoisotopic (exact) mass is 180 g/mol. The van der Waals surface area contributed by atoms with E-state index < -0.39 is 0 Å². The van der Waals surface area contributed by atoms with E-state index in [2.05, 4.69) is 19.3 Å². The number of hydrazine groups is 1. The van der Waals surface area contributed by atoms with E-state index in [1.54, 1.807) is 0 Å². The molecule has 1 rings (SSSR count). The first-order valence-corrected chi connectivity index (χ1v) is 3.84. The van der Waals surface area contributed by atoms with Gasteiger partial charge in [-0.2, -0.15) is 0 Å². The molecule has 3 nitrogen and oxygen atoms in total. The topological polar surface area (TPSA) is 47.3 Å². The molecule has 1 aliphatic heterocycles. The van der Waals surface area contributed by atoms with Gasteiger partial charge in [-0.25, -0.2) is 0 Å². The first kappa shape index (κ1) is 11.2. The van der Waals surface area contributed by atoms with Gasteiger partial charge in [0.25, 0.3) is 0 Å². The molecule has 1 fully saturated rings. The zero-order valence-electron chi connectivity index (χ0n) is 7.04. The van der Waals surface area contributed by atoms with Crippen molar-refractivity contribution in [2.75, 3.05) is 0 Å². The van der Waals surface area contributed by atoms with Crippen molar-refractivity contribution >= 4 is 12.4 Å². The predicted octanol–water partition coefficient (Wildman–Crippen LogP) is 0.827. The molecule has 0 bridgehead atoms. The highest BCUT2D eigenvalue weighted by atomic mass is 35.5. The molecule has 1 aliphatic rings. The van der Waals surface area contributed by atoms with Gasteiger partial charge in [0.2, 0.25) is 0 Å². The molecule has 3 N–H and O–H groups in total. The van der Waals surface area contributed by atoms with Crippen molar-refractivity contribution < 1.29 is 4.74 Å². The molecule has 68 valence electrons. The molecule has 1 saturated heterocycles. The molecule has 0 aromatic rings. The smallest absolute Gasteiger partial charge is 0.0566 e. The maximum atomic E-state index is 5.52. The second-order valence-electron chi connectivity index (χ2n) is 3.09. The van der Waals surface area contributed by atoms with Crippen LogP contribution in [0.2, 0.25) is 0 Å². The Morgan fingerprint density at radius 2 is 1.73 bits per heavy atom. The van der Waals surface area contributed by atoms with Crippen LogP contribution in [0.5, 0.6) is 0 Å². The Labute approximate surface area is 74.0 Å². The summed E-state index contributed by atoms with van der Waals surface area (Å²) in [5.41, 5.74) is 2.78. The Morgan fingerprint density at radius 3 is 2.09 bits per heavy atom. The van der Waals surface area contributed by atoms with Gasteiger partial charge in [-0.1, -0.05) is 0 Å². The number of rotatable bonds is 1. The number of hydrogen-bond donors (Lipinski definition) is 2. The second kappa shape index (κ2) is 4.93. The van der Waals surface area contributed by atoms with Crippen LogP contribution in [0.1, 0.15) is 26.7 Å². The molecule has 1 heterocycles. The van der Waals surface area contributed by atoms with Crippen LogP contribution in [0.15, 0.2) is 0 Å². The summed E-state index contributed by atoms with van der Waals surface area (Å²) in [6, 6.07) is 0.443. The normalized spacial score (nSPS) is 37.9. The van der Waals surface area contributed by atoms with Gasteiger partial charge in [0.15, 0.2) is 0 Å². The Balaban J connectivity index is 0.000001000. The lowest BCUT2D eigenvalue weighted by Gasteiger charge is -2.31. The summed E-state index contributed by atoms with van der Waals surface area (Å²) in [4.78, 5) is 0. The molecule has 0 radical (unpaired) electrons. The lowest BCUT2D eigenvalue weighted by Crippen LogP contribution is -2.44. The van der Waals surface area contributed by atoms with E-state index in [9.17, 15) is 0 Å². The largest absolute Gasteiger partial charge is 0.375 e. The van der Waals surface area contributed by atoms with Crippen molar-refractivity contribution in [1.82, 2.24) is 5.43 Å². The first-order valence-electron chi connectivity index (χ1n) is 3.84. The zero-order chi connectivity index (χ0) is 7.56. The van der Waals surface area contributed by atoms with Crippen LogP contribution in [0.25, 0.3) is 0 Å². The highest BCUT2D eigenvalue weighted by Gasteiger charge is 2.22. The highest BCUT2D eigenvalue weighted by molar-refractivity contribution is 5.85. The summed E-state index contributed by atoms with van der Waals surface area (Å²) in [7, 11) is 0. The predicted molar refractivity (Wildman–Crippen MR) is 47.6 cm³/mol. The van der Waals surface area contributed by atoms with Crippen LogP contribution in [-0.2, 0) is 4.74 Å². The first-order chi connectivity index (χ1) is 4.72. The van der Waals surface area contributed by atoms with Gasteiger partial charge in [0.1, 0.15) is 0 Å². The average Bonchev–Trinajstić information content (AvgIpc) is 1.85. The molecule has 11 heavy (non-hydrogen) atoms. The SMILES string of the molecule is CC1CC(NN)CC(C)O1.Cl. The fraction of sp³-hybridized carbons (Fsp3) is 1.00. The van der Waals surface area contributed by atoms with Gasteiger partial charge in [-0.15, -0.1) is 12.4 Å². The van der Waals surface area contributed by atoms with Gasteiger partial charge in [-0.05, 0) is 26.7 Å². The number of nitrogens with two attached hydrogens (primary N) is 1. The van der Waals surface area contributed by atoms with Crippen LogP contribution < -0.4 is 11.3 Å². The van der Waals surface area contributed by atoms with Crippen molar-refractivity contribution in [2.45, 2.75) is 44.9 Å². The fourth-order valence-corrected chi connectivity index (χ4v) is 1.54. The van der Waals surface area contributed by atoms with Crippen molar-refractivity contribution in [1.29, 1.82) is 0 Å². The van der Waals surface area contributed by atoms with Crippen LogP contribution in [0.3, 0.4) is 0 Å². The van der Waals surface area contributed by atoms with Crippen molar-refractivity contribution in [3.05, 3.63) is 0 Å². The van der Waals surface area contributed by atoms with E-state index in [1.807, 2.05) is 0 Å². The van der Waals surface area contributed by atoms with Gasteiger partial charge < -0.3 is 4.74 Å². The van der Waals surface area contributed by atoms with Crippen LogP contribution in [0.4, 0.5) is 0 Å². The Morgan fingerprint density at radius 1 is 1.27 bits per heavy atom. The molecular weight excluding hydrogens is 164 g/mol. The lowest BCUT2D eigenvalue weighted by atomic mass is 10.0. The molecule has 0 aromatic heterocycles. The molecule has 0 saturated carbocycles. The van der Waals surface area contributed by atoms with Crippen LogP contribution >= 0.6 is 12.4 Å². The maximum Gasteiger partial charge on any atom is 0.0566 e. The Bertz CT molecular complexity index is 103. The summed E-state index contributed by atoms with van der Waals surface area (Å²) >= 11 is 0. The Hall–Kier alpha value is 0.170. The minimum absolute atomic E-state index is 0. The Kier molecular flexibility index (Phi) is 5.01. The van der Waals surface area contributed by atoms with Crippen molar-refractivity contribution in [2.24, 2.45) is 5.84 Å². The number of halogens is 1. The van der Waals surface area contributed by atoms with Crippen LogP contribution in [-0.4, -0.2) is 18.2 Å². The second-order valence-corrected chi connectivity index (χ2v) is 3.09. The minimum atomic E-state index is 0. The number of nitrogens with one attached hydrogen (secondary N) is 1. The number of ether oxygens (including phenoxy) is 1. The minimum Gasteiger partial charge on any atom is -0.375 e. The highest BCUT2D eigenvalue weighted by Crippen LogP contribution is 2.17. The third-order valence-corrected chi connectivity index (χ3v) is 1.93. The molecule has 2 unspecified atom stereocenters. The zero-order valence-corrected chi connectivity index (χ0v) is 7.86. The molecule has 2 atom stereocenters. The maximum absolute atomic E-state index is 5.52. The van der Waals surface area contributed by atoms with E-state index in [1.165, 1.54) is 0 Å². The van der Waals surface area contributed by atoms with Gasteiger partial charge in [0.05, 0.1) is 12.2 Å². The summed E-state index contributed by atoms with van der Waals surface area (Å²) in [5, 5.41) is 0. The summed E-state index contributed by atoms with van der Waals surface area (Å²) in [5.74, 6) is 5.32. The molecule has 0 aromatic carbocycles. The van der Waals surface area contributed by atoms with Crippen molar-refractivity contribution in [3.8, 4) is 0 Å². The summed E-state index contributed by atoms with van der Waals surface area (Å²) in [6.45, 7) is 4.17. The third-order valence-electron chi connectivity index (χ3n) is 1.93. The van der Waals surface area contributed by atoms with E-state index >= 15 is 0 Å². The van der Waals surface area contributed by atoms with E-state index in [0.717, 1.165) is 12.8 Å². The van der Waals surface area contributed by atoms with Gasteiger partial charge in [-0.3, -0.25) is 11.3 Å². The van der Waals surface area contributed by atoms with Crippen molar-refractivity contribution in [3.63, 3.8) is 0 Å². The summed E-state index contributed by atoms with van der Waals surface area (Å²) in [6.07, 6.45) is 2.76.